The Balaban J connectivity index is 0.00000235. The second-order valence-corrected chi connectivity index (χ2v) is 10.7. The van der Waals surface area contributed by atoms with Crippen molar-refractivity contribution in [1.82, 2.24) is 0 Å². The first-order valence-electron chi connectivity index (χ1n) is 12.0. The van der Waals surface area contributed by atoms with Crippen molar-refractivity contribution in [2.24, 2.45) is 0 Å². The van der Waals surface area contributed by atoms with Crippen LogP contribution in [0.1, 0.15) is 56.5 Å². The van der Waals surface area contributed by atoms with Gasteiger partial charge in [0.05, 0.1) is 22.2 Å². The van der Waals surface area contributed by atoms with Crippen molar-refractivity contribution in [2.45, 2.75) is 58.4 Å². The molecule has 2 atom stereocenters. The van der Waals surface area contributed by atoms with Crippen molar-refractivity contribution in [3.63, 3.8) is 0 Å². The van der Waals surface area contributed by atoms with Crippen LogP contribution in [0, 0.1) is 7.43 Å². The Labute approximate surface area is 243 Å². The molecule has 0 saturated carbocycles. The number of ether oxygens (including phenoxy) is 2. The molecule has 0 amide bonds. The SMILES string of the molecule is CC(C)Oc1cccc(OC(C)C)c1CCS(=O)(=O)[N-]C(c1ccccc1)C([NH-])c1ccccc1.[CH3-].[Cl][Ru+3]. The van der Waals surface area contributed by atoms with Crippen LogP contribution in [0.15, 0.2) is 78.9 Å². The average Bonchev–Trinajstić information content (AvgIpc) is 2.88. The molecule has 6 nitrogen and oxygen atoms in total. The molecule has 208 valence electrons. The first-order chi connectivity index (χ1) is 17.7. The molecule has 1 N–H and O–H groups in total. The summed E-state index contributed by atoms with van der Waals surface area (Å²) < 4.78 is 42.7. The Bertz CT molecular complexity index is 1150. The fourth-order valence-corrected chi connectivity index (χ4v) is 4.94. The summed E-state index contributed by atoms with van der Waals surface area (Å²) in [6.07, 6.45) is 0.0512. The summed E-state index contributed by atoms with van der Waals surface area (Å²) >= 11 is 1.82. The Hall–Kier alpha value is -1.96. The van der Waals surface area contributed by atoms with Gasteiger partial charge < -0.3 is 27.4 Å². The second-order valence-electron chi connectivity index (χ2n) is 8.95. The van der Waals surface area contributed by atoms with E-state index in [4.69, 9.17) is 15.2 Å². The molecule has 0 saturated heterocycles. The van der Waals surface area contributed by atoms with Crippen LogP contribution in [0.5, 0.6) is 11.5 Å². The van der Waals surface area contributed by atoms with Crippen LogP contribution >= 0.6 is 9.69 Å². The van der Waals surface area contributed by atoms with E-state index >= 15 is 0 Å². The summed E-state index contributed by atoms with van der Waals surface area (Å²) in [5.41, 5.74) is 10.9. The van der Waals surface area contributed by atoms with Gasteiger partial charge in [-0.25, -0.2) is 8.42 Å². The molecule has 0 heterocycles. The first kappa shape index (κ1) is 34.1. The number of nitrogens with one attached hydrogen (secondary N) is 1. The maximum atomic E-state index is 13.3. The molecule has 0 aromatic heterocycles. The Morgan fingerprint density at radius 2 is 1.24 bits per heavy atom. The van der Waals surface area contributed by atoms with Gasteiger partial charge in [0.2, 0.25) is 0 Å². The molecule has 2 unspecified atom stereocenters. The molecule has 0 aliphatic rings. The number of hydrogen-bond donors (Lipinski definition) is 0. The summed E-state index contributed by atoms with van der Waals surface area (Å²) in [6.45, 7) is 7.70. The molecule has 0 spiro atoms. The maximum absolute atomic E-state index is 13.3. The van der Waals surface area contributed by atoms with Gasteiger partial charge in [0.25, 0.3) is 0 Å². The number of halogens is 1. The molecule has 9 heteroatoms. The summed E-state index contributed by atoms with van der Waals surface area (Å²) in [6, 6.07) is 22.1. The van der Waals surface area contributed by atoms with E-state index in [0.29, 0.717) is 28.2 Å². The average molecular weight is 646 g/mol. The molecule has 0 aliphatic carbocycles. The minimum atomic E-state index is -3.88. The molecule has 0 radical (unpaired) electrons. The van der Waals surface area contributed by atoms with Crippen LogP contribution in [0.25, 0.3) is 10.5 Å². The minimum absolute atomic E-state index is 0. The predicted molar refractivity (Wildman–Crippen MR) is 154 cm³/mol. The molecular formula is C29H37ClN2O4RuS. The molecular weight excluding hydrogens is 609 g/mol. The first-order valence-corrected chi connectivity index (χ1v) is 15.9. The van der Waals surface area contributed by atoms with E-state index in [9.17, 15) is 8.42 Å². The van der Waals surface area contributed by atoms with E-state index in [1.807, 2.05) is 124 Å². The Morgan fingerprint density at radius 1 is 0.789 bits per heavy atom. The number of benzene rings is 3. The van der Waals surface area contributed by atoms with Crippen LogP contribution in [0.3, 0.4) is 0 Å². The van der Waals surface area contributed by atoms with Gasteiger partial charge in [-0.2, -0.15) is 0 Å². The van der Waals surface area contributed by atoms with Crippen LogP contribution in [-0.4, -0.2) is 26.4 Å². The molecule has 0 bridgehead atoms. The zero-order valence-corrected chi connectivity index (χ0v) is 25.8. The van der Waals surface area contributed by atoms with E-state index in [2.05, 4.69) is 14.4 Å². The molecule has 38 heavy (non-hydrogen) atoms. The van der Waals surface area contributed by atoms with Crippen molar-refractivity contribution in [3.8, 4) is 11.5 Å². The quantitative estimate of drug-likeness (QED) is 0.147. The fraction of sp³-hybridized carbons (Fsp3) is 0.345. The van der Waals surface area contributed by atoms with Crippen molar-refractivity contribution in [1.29, 1.82) is 0 Å². The molecule has 0 fully saturated rings. The Morgan fingerprint density at radius 3 is 1.68 bits per heavy atom. The molecule has 0 aliphatic heterocycles. The van der Waals surface area contributed by atoms with Crippen LogP contribution in [-0.2, 0) is 33.8 Å². The van der Waals surface area contributed by atoms with Gasteiger partial charge in [0, 0.05) is 11.3 Å². The van der Waals surface area contributed by atoms with Crippen molar-refractivity contribution in [2.75, 3.05) is 5.75 Å². The normalized spacial score (nSPS) is 12.6. The van der Waals surface area contributed by atoms with Gasteiger partial charge >= 0.3 is 27.0 Å². The summed E-state index contributed by atoms with van der Waals surface area (Å²) in [5.74, 6) is 0.997. The molecule has 3 aromatic carbocycles. The van der Waals surface area contributed by atoms with E-state index in [0.717, 1.165) is 0 Å². The van der Waals surface area contributed by atoms with Crippen LogP contribution in [0.4, 0.5) is 0 Å². The van der Waals surface area contributed by atoms with Crippen LogP contribution < -0.4 is 9.47 Å². The van der Waals surface area contributed by atoms with Gasteiger partial charge in [-0.15, -0.1) is 12.1 Å². The third-order valence-corrected chi connectivity index (χ3v) is 6.58. The van der Waals surface area contributed by atoms with Gasteiger partial charge in [0.15, 0.2) is 0 Å². The van der Waals surface area contributed by atoms with E-state index < -0.39 is 22.1 Å². The topological polar surface area (TPSA) is 90.5 Å². The second kappa shape index (κ2) is 16.9. The van der Waals surface area contributed by atoms with Crippen molar-refractivity contribution in [3.05, 3.63) is 113 Å². The van der Waals surface area contributed by atoms with E-state index in [-0.39, 0.29) is 31.8 Å². The van der Waals surface area contributed by atoms with E-state index in [1.54, 1.807) is 0 Å². The molecule has 3 aromatic rings. The number of rotatable bonds is 12. The zero-order valence-electron chi connectivity index (χ0n) is 22.4. The zero-order chi connectivity index (χ0) is 27.4. The van der Waals surface area contributed by atoms with Crippen molar-refractivity contribution >= 4 is 19.7 Å². The Kier molecular flexibility index (Phi) is 15.1. The van der Waals surface area contributed by atoms with Gasteiger partial charge in [-0.05, 0) is 46.2 Å². The molecule has 3 rings (SSSR count). The van der Waals surface area contributed by atoms with Crippen molar-refractivity contribution < 1.29 is 35.2 Å². The number of nitrogens with zero attached hydrogens (tertiary/aromatic N) is 1. The standard InChI is InChI=1S/C28H34N2O4S.CH3.ClH.Ru/c1-20(2)33-25-16-11-17-26(34-21(3)4)24(25)18-19-35(31,32)30-28(23-14-9-6-10-15-23)27(29)22-12-7-5-8-13-22;;;/h5-17,20-21,27-29H,18-19H2,1-4H3;1H3;1H;/q-2;-1;;+4/p-1. The van der Waals surface area contributed by atoms with E-state index in [1.165, 1.54) is 0 Å². The predicted octanol–water partition coefficient (Wildman–Crippen LogP) is 8.18. The van der Waals surface area contributed by atoms with Crippen LogP contribution in [0.2, 0.25) is 0 Å². The summed E-state index contributed by atoms with van der Waals surface area (Å²) in [4.78, 5) is 0. The third-order valence-electron chi connectivity index (χ3n) is 5.32. The monoisotopic (exact) mass is 646 g/mol. The fourth-order valence-electron chi connectivity index (χ4n) is 3.78. The van der Waals surface area contributed by atoms with Gasteiger partial charge in [-0.3, -0.25) is 0 Å². The summed E-state index contributed by atoms with van der Waals surface area (Å²) in [5, 5.41) is 0. The van der Waals surface area contributed by atoms with Gasteiger partial charge in [0.1, 0.15) is 11.5 Å². The number of hydrogen-bond acceptors (Lipinski definition) is 4. The third kappa shape index (κ3) is 10.7. The van der Waals surface area contributed by atoms with Gasteiger partial charge in [-0.1, -0.05) is 77.9 Å². The summed E-state index contributed by atoms with van der Waals surface area (Å²) in [7, 11) is 0.692. The number of sulfonamides is 1.